The van der Waals surface area contributed by atoms with E-state index in [2.05, 4.69) is 0 Å². The van der Waals surface area contributed by atoms with Crippen molar-refractivity contribution in [2.45, 2.75) is 19.8 Å². The van der Waals surface area contributed by atoms with Gasteiger partial charge >= 0.3 is 0 Å². The van der Waals surface area contributed by atoms with E-state index in [4.69, 9.17) is 14.3 Å². The SMILES string of the molecule is [2H]C([2H])([2H])C([2H])(Oc1ccccc1O)C([2H])([2H])[2H]. The van der Waals surface area contributed by atoms with E-state index in [9.17, 15) is 5.11 Å². The standard InChI is InChI=1S/C9H12O2/c1-7(2)11-9-6-4-3-5-8(9)10/h3-7,10H,1-2H3/i1D3,2D3,7D. The molecular formula is C9H12O2. The quantitative estimate of drug-likeness (QED) is 0.716. The van der Waals surface area contributed by atoms with Gasteiger partial charge in [0.25, 0.3) is 0 Å². The van der Waals surface area contributed by atoms with Crippen LogP contribution in [0.2, 0.25) is 0 Å². The summed E-state index contributed by atoms with van der Waals surface area (Å²) in [5.41, 5.74) is 0. The van der Waals surface area contributed by atoms with Gasteiger partial charge < -0.3 is 9.84 Å². The number of phenols is 1. The van der Waals surface area contributed by atoms with Gasteiger partial charge in [-0.2, -0.15) is 0 Å². The molecule has 1 N–H and O–H groups in total. The molecule has 0 saturated carbocycles. The first kappa shape index (κ1) is 2.70. The van der Waals surface area contributed by atoms with Crippen molar-refractivity contribution in [1.29, 1.82) is 0 Å². The van der Waals surface area contributed by atoms with Crippen LogP contribution in [0.4, 0.5) is 0 Å². The molecule has 0 radical (unpaired) electrons. The first-order chi connectivity index (χ1) is 7.99. The number of ether oxygens (including phenoxy) is 1. The number of phenolic OH excluding ortho intramolecular Hbond substituents is 1. The first-order valence-electron chi connectivity index (χ1n) is 6.46. The Morgan fingerprint density at radius 1 is 1.55 bits per heavy atom. The second-order valence-corrected chi connectivity index (χ2v) is 1.90. The van der Waals surface area contributed by atoms with Gasteiger partial charge in [0.2, 0.25) is 0 Å². The zero-order chi connectivity index (χ0) is 14.2. The third-order valence-corrected chi connectivity index (χ3v) is 1.08. The van der Waals surface area contributed by atoms with Gasteiger partial charge in [-0.3, -0.25) is 0 Å². The lowest BCUT2D eigenvalue weighted by Gasteiger charge is -2.09. The van der Waals surface area contributed by atoms with Crippen molar-refractivity contribution in [2.24, 2.45) is 0 Å². The highest BCUT2D eigenvalue weighted by Crippen LogP contribution is 2.24. The Morgan fingerprint density at radius 2 is 2.27 bits per heavy atom. The fraction of sp³-hybridized carbons (Fsp3) is 0.333. The monoisotopic (exact) mass is 159 g/mol. The molecule has 0 aromatic heterocycles. The molecule has 0 bridgehead atoms. The third-order valence-electron chi connectivity index (χ3n) is 1.08. The highest BCUT2D eigenvalue weighted by Gasteiger charge is 2.01. The van der Waals surface area contributed by atoms with Crippen molar-refractivity contribution in [2.75, 3.05) is 0 Å². The Balaban J connectivity index is 3.21. The van der Waals surface area contributed by atoms with Crippen LogP contribution in [0.25, 0.3) is 0 Å². The normalized spacial score (nSPS) is 22.7. The molecule has 0 aliphatic carbocycles. The van der Waals surface area contributed by atoms with Crippen LogP contribution in [0.1, 0.15) is 23.3 Å². The van der Waals surface area contributed by atoms with E-state index in [-0.39, 0.29) is 5.75 Å². The van der Waals surface area contributed by atoms with Crippen LogP contribution < -0.4 is 4.74 Å². The van der Waals surface area contributed by atoms with Crippen molar-refractivity contribution in [1.82, 2.24) is 0 Å². The summed E-state index contributed by atoms with van der Waals surface area (Å²) in [6.07, 6.45) is -3.14. The average Bonchev–Trinajstić information content (AvgIpc) is 2.18. The van der Waals surface area contributed by atoms with Crippen molar-refractivity contribution in [3.8, 4) is 11.5 Å². The molecule has 0 unspecified atom stereocenters. The van der Waals surface area contributed by atoms with Crippen LogP contribution in [0.3, 0.4) is 0 Å². The molecule has 0 aliphatic rings. The smallest absolute Gasteiger partial charge is 0.161 e. The summed E-state index contributed by atoms with van der Waals surface area (Å²) in [7, 11) is 0. The molecule has 1 rings (SSSR count). The number of aromatic hydroxyl groups is 1. The predicted octanol–water partition coefficient (Wildman–Crippen LogP) is 2.18. The van der Waals surface area contributed by atoms with Gasteiger partial charge in [-0.1, -0.05) is 12.1 Å². The minimum atomic E-state index is -3.19. The molecular weight excluding hydrogens is 140 g/mol. The molecule has 60 valence electrons. The van der Waals surface area contributed by atoms with Gasteiger partial charge in [0.05, 0.1) is 7.45 Å². The molecule has 0 aliphatic heterocycles. The second kappa shape index (κ2) is 3.28. The van der Waals surface area contributed by atoms with Crippen molar-refractivity contribution >= 4 is 0 Å². The van der Waals surface area contributed by atoms with Crippen LogP contribution >= 0.6 is 0 Å². The zero-order valence-electron chi connectivity index (χ0n) is 12.7. The third kappa shape index (κ3) is 2.15. The van der Waals surface area contributed by atoms with Crippen LogP contribution in [-0.2, 0) is 0 Å². The van der Waals surface area contributed by atoms with Gasteiger partial charge in [0.15, 0.2) is 11.5 Å². The highest BCUT2D eigenvalue weighted by atomic mass is 16.5. The summed E-state index contributed by atoms with van der Waals surface area (Å²) in [5, 5.41) is 9.43. The number of hydrogen-bond donors (Lipinski definition) is 1. The van der Waals surface area contributed by atoms with Crippen LogP contribution in [0.5, 0.6) is 11.5 Å². The highest BCUT2D eigenvalue weighted by molar-refractivity contribution is 5.37. The molecule has 0 heterocycles. The first-order valence-corrected chi connectivity index (χ1v) is 2.96. The predicted molar refractivity (Wildman–Crippen MR) is 43.9 cm³/mol. The Labute approximate surface area is 76.3 Å². The average molecular weight is 159 g/mol. The summed E-state index contributed by atoms with van der Waals surface area (Å²) in [5.74, 6) is -0.789. The molecule has 2 heteroatoms. The summed E-state index contributed by atoms with van der Waals surface area (Å²) < 4.78 is 55.2. The lowest BCUT2D eigenvalue weighted by Crippen LogP contribution is -2.05. The lowest BCUT2D eigenvalue weighted by atomic mass is 10.3. The van der Waals surface area contributed by atoms with Crippen LogP contribution in [0, 0.1) is 0 Å². The van der Waals surface area contributed by atoms with E-state index < -0.39 is 25.5 Å². The summed E-state index contributed by atoms with van der Waals surface area (Å²) in [6.45, 7) is -6.39. The Hall–Kier alpha value is -1.18. The second-order valence-electron chi connectivity index (χ2n) is 1.90. The van der Waals surface area contributed by atoms with Gasteiger partial charge in [0.1, 0.15) is 0 Å². The lowest BCUT2D eigenvalue weighted by molar-refractivity contribution is 0.232. The largest absolute Gasteiger partial charge is 0.504 e. The zero-order valence-corrected chi connectivity index (χ0v) is 5.66. The van der Waals surface area contributed by atoms with E-state index >= 15 is 0 Å². The maximum Gasteiger partial charge on any atom is 0.161 e. The molecule has 0 atom stereocenters. The van der Waals surface area contributed by atoms with Crippen LogP contribution in [-0.4, -0.2) is 11.2 Å². The molecule has 0 fully saturated rings. The number of para-hydroxylation sites is 2. The van der Waals surface area contributed by atoms with Gasteiger partial charge in [-0.05, 0) is 25.8 Å². The van der Waals surface area contributed by atoms with Crippen LogP contribution in [0.15, 0.2) is 24.3 Å². The van der Waals surface area contributed by atoms with E-state index in [1.54, 1.807) is 0 Å². The number of hydrogen-bond acceptors (Lipinski definition) is 2. The molecule has 1 aromatic carbocycles. The molecule has 0 saturated heterocycles. The topological polar surface area (TPSA) is 29.5 Å². The molecule has 11 heavy (non-hydrogen) atoms. The Bertz CT molecular complexity index is 410. The molecule has 0 amide bonds. The molecule has 1 aromatic rings. The summed E-state index contributed by atoms with van der Waals surface area (Å²) in [6, 6.07) is 5.28. The molecule has 2 nitrogen and oxygen atoms in total. The van der Waals surface area contributed by atoms with Gasteiger partial charge in [0, 0.05) is 8.22 Å². The number of rotatable bonds is 2. The van der Waals surface area contributed by atoms with Gasteiger partial charge in [-0.15, -0.1) is 0 Å². The minimum Gasteiger partial charge on any atom is -0.504 e. The van der Waals surface area contributed by atoms with E-state index in [1.165, 1.54) is 24.3 Å². The summed E-state index contributed by atoms with van der Waals surface area (Å²) >= 11 is 0. The van der Waals surface area contributed by atoms with E-state index in [0.717, 1.165) is 0 Å². The fourth-order valence-corrected chi connectivity index (χ4v) is 0.653. The Kier molecular flexibility index (Phi) is 0.806. The van der Waals surface area contributed by atoms with E-state index in [1.807, 2.05) is 0 Å². The maximum atomic E-state index is 9.43. The minimum absolute atomic E-state index is 0.361. The summed E-state index contributed by atoms with van der Waals surface area (Å²) in [4.78, 5) is 0. The van der Waals surface area contributed by atoms with Gasteiger partial charge in [-0.25, -0.2) is 0 Å². The molecule has 0 spiro atoms. The number of benzene rings is 1. The van der Waals surface area contributed by atoms with Crippen molar-refractivity contribution < 1.29 is 19.4 Å². The maximum absolute atomic E-state index is 9.43. The van der Waals surface area contributed by atoms with E-state index in [0.29, 0.717) is 0 Å². The van der Waals surface area contributed by atoms with Crippen molar-refractivity contribution in [3.05, 3.63) is 24.3 Å². The van der Waals surface area contributed by atoms with Crippen molar-refractivity contribution in [3.63, 3.8) is 0 Å². The fourth-order valence-electron chi connectivity index (χ4n) is 0.653. The Morgan fingerprint density at radius 3 is 2.91 bits per heavy atom.